The molecule has 2 N–H and O–H groups in total. The smallest absolute Gasteiger partial charge is 0.157 e. The Morgan fingerprint density at radius 3 is 1.89 bits per heavy atom. The van der Waals surface area contributed by atoms with Crippen LogP contribution in [-0.2, 0) is 4.74 Å². The Kier molecular flexibility index (Phi) is 9.66. The molecule has 2 nitrogen and oxygen atoms in total. The highest BCUT2D eigenvalue weighted by molar-refractivity contribution is 4.96. The van der Waals surface area contributed by atoms with Gasteiger partial charge >= 0.3 is 0 Å². The van der Waals surface area contributed by atoms with Crippen molar-refractivity contribution in [2.24, 2.45) is 35.5 Å². The fourth-order valence-electron chi connectivity index (χ4n) is 6.84. The van der Waals surface area contributed by atoms with Crippen molar-refractivity contribution in [2.75, 3.05) is 6.61 Å². The SMILES string of the molecule is CCCC1CCC(C2CCC(C3C(C)CC(OCC)C(F)C3F)CC2)CC1.O.[HH].[HH]. The van der Waals surface area contributed by atoms with Crippen LogP contribution in [0, 0.1) is 35.5 Å². The maximum Gasteiger partial charge on any atom is 0.157 e. The van der Waals surface area contributed by atoms with Crippen molar-refractivity contribution >= 4 is 0 Å². The molecule has 0 bridgehead atoms. The molecule has 0 radical (unpaired) electrons. The number of alkyl halides is 2. The van der Waals surface area contributed by atoms with E-state index in [0.29, 0.717) is 18.9 Å². The highest BCUT2D eigenvalue weighted by Crippen LogP contribution is 2.48. The first-order valence-electron chi connectivity index (χ1n) is 11.9. The topological polar surface area (TPSA) is 40.7 Å². The zero-order valence-corrected chi connectivity index (χ0v) is 18.3. The molecule has 0 aromatic rings. The standard InChI is InChI=1S/C24H42F2O.H2O.2H2/c1-4-6-17-7-9-18(10-8-17)19-11-13-20(14-12-19)22-16(3)15-21(27-5-2)23(25)24(22)26;;;/h16-24H,4-15H2,1-3H3;1H2;2*1H. The van der Waals surface area contributed by atoms with Gasteiger partial charge in [-0.25, -0.2) is 8.78 Å². The van der Waals surface area contributed by atoms with Crippen LogP contribution in [0.2, 0.25) is 0 Å². The lowest BCUT2D eigenvalue weighted by Crippen LogP contribution is -2.49. The zero-order chi connectivity index (χ0) is 19.4. The fourth-order valence-corrected chi connectivity index (χ4v) is 6.84. The van der Waals surface area contributed by atoms with Gasteiger partial charge in [-0.05, 0) is 87.4 Å². The Morgan fingerprint density at radius 2 is 1.36 bits per heavy atom. The van der Waals surface area contributed by atoms with Crippen molar-refractivity contribution in [1.82, 2.24) is 0 Å². The van der Waals surface area contributed by atoms with Crippen molar-refractivity contribution in [3.63, 3.8) is 0 Å². The van der Waals surface area contributed by atoms with Gasteiger partial charge in [-0.1, -0.05) is 39.5 Å². The molecule has 3 fully saturated rings. The third-order valence-electron chi connectivity index (χ3n) is 8.28. The van der Waals surface area contributed by atoms with E-state index in [9.17, 15) is 8.78 Å². The molecule has 3 aliphatic rings. The summed E-state index contributed by atoms with van der Waals surface area (Å²) in [5.74, 6) is 3.23. The first-order chi connectivity index (χ1) is 13.0. The van der Waals surface area contributed by atoms with Gasteiger partial charge in [0.25, 0.3) is 0 Å². The number of rotatable bonds is 6. The summed E-state index contributed by atoms with van der Waals surface area (Å²) >= 11 is 0. The van der Waals surface area contributed by atoms with Crippen molar-refractivity contribution < 1.29 is 21.8 Å². The van der Waals surface area contributed by atoms with Crippen LogP contribution in [0.4, 0.5) is 8.78 Å². The second-order valence-corrected chi connectivity index (χ2v) is 9.92. The number of hydrogen-bond donors (Lipinski definition) is 0. The minimum atomic E-state index is -1.43. The van der Waals surface area contributed by atoms with E-state index in [0.717, 1.165) is 30.6 Å². The van der Waals surface area contributed by atoms with E-state index >= 15 is 0 Å². The van der Waals surface area contributed by atoms with Crippen LogP contribution in [0.1, 0.15) is 94.3 Å². The molecule has 0 aliphatic heterocycles. The lowest BCUT2D eigenvalue weighted by Gasteiger charge is -2.46. The molecule has 3 aliphatic carbocycles. The van der Waals surface area contributed by atoms with Crippen LogP contribution in [-0.4, -0.2) is 30.5 Å². The average molecular weight is 407 g/mol. The molecule has 3 saturated carbocycles. The van der Waals surface area contributed by atoms with Crippen LogP contribution in [0.15, 0.2) is 0 Å². The predicted molar refractivity (Wildman–Crippen MR) is 116 cm³/mol. The summed E-state index contributed by atoms with van der Waals surface area (Å²) in [5.41, 5.74) is 0. The largest absolute Gasteiger partial charge is 0.412 e. The number of hydrogen-bond acceptors (Lipinski definition) is 1. The Balaban J connectivity index is 0.00000280. The molecule has 5 atom stereocenters. The van der Waals surface area contributed by atoms with Gasteiger partial charge in [0, 0.05) is 9.46 Å². The number of ether oxygens (including phenoxy) is 1. The molecule has 4 heteroatoms. The molecule has 170 valence electrons. The van der Waals surface area contributed by atoms with Gasteiger partial charge in [0.2, 0.25) is 0 Å². The molecule has 3 rings (SSSR count). The highest BCUT2D eigenvalue weighted by Gasteiger charge is 2.48. The van der Waals surface area contributed by atoms with Gasteiger partial charge in [-0.2, -0.15) is 0 Å². The van der Waals surface area contributed by atoms with E-state index < -0.39 is 18.4 Å². The normalized spacial score (nSPS) is 44.7. The lowest BCUT2D eigenvalue weighted by atomic mass is 9.62. The molecule has 0 amide bonds. The van der Waals surface area contributed by atoms with E-state index in [1.807, 2.05) is 6.92 Å². The van der Waals surface area contributed by atoms with Crippen molar-refractivity contribution in [3.05, 3.63) is 0 Å². The van der Waals surface area contributed by atoms with Gasteiger partial charge < -0.3 is 10.2 Å². The van der Waals surface area contributed by atoms with Crippen LogP contribution in [0.3, 0.4) is 0 Å². The molecule has 0 aromatic carbocycles. The average Bonchev–Trinajstić information content (AvgIpc) is 2.68. The first-order valence-corrected chi connectivity index (χ1v) is 11.9. The summed E-state index contributed by atoms with van der Waals surface area (Å²) < 4.78 is 35.0. The van der Waals surface area contributed by atoms with Crippen LogP contribution < -0.4 is 0 Å². The van der Waals surface area contributed by atoms with E-state index in [1.54, 1.807) is 0 Å². The molecule has 28 heavy (non-hydrogen) atoms. The maximum atomic E-state index is 15.0. The monoisotopic (exact) mass is 406 g/mol. The molecule has 0 aromatic heterocycles. The predicted octanol–water partition coefficient (Wildman–Crippen LogP) is 6.80. The zero-order valence-electron chi connectivity index (χ0n) is 18.3. The van der Waals surface area contributed by atoms with Crippen molar-refractivity contribution in [2.45, 2.75) is 110 Å². The summed E-state index contributed by atoms with van der Waals surface area (Å²) in [4.78, 5) is 0. The highest BCUT2D eigenvalue weighted by atomic mass is 19.2. The fraction of sp³-hybridized carbons (Fsp3) is 1.00. The van der Waals surface area contributed by atoms with Crippen LogP contribution in [0.5, 0.6) is 0 Å². The molecule has 0 heterocycles. The molecule has 0 spiro atoms. The third-order valence-corrected chi connectivity index (χ3v) is 8.28. The summed E-state index contributed by atoms with van der Waals surface area (Å²) in [6, 6.07) is 0. The quantitative estimate of drug-likeness (QED) is 0.478. The van der Waals surface area contributed by atoms with Crippen LogP contribution >= 0.6 is 0 Å². The second kappa shape index (κ2) is 11.2. The van der Waals surface area contributed by atoms with Gasteiger partial charge in [-0.3, -0.25) is 0 Å². The van der Waals surface area contributed by atoms with Gasteiger partial charge in [0.1, 0.15) is 6.17 Å². The van der Waals surface area contributed by atoms with E-state index in [4.69, 9.17) is 4.74 Å². The molecular formula is C24H48F2O2. The minimum Gasteiger partial charge on any atom is -0.412 e. The molecule has 0 saturated heterocycles. The van der Waals surface area contributed by atoms with Gasteiger partial charge in [-0.15, -0.1) is 0 Å². The Morgan fingerprint density at radius 1 is 0.821 bits per heavy atom. The van der Waals surface area contributed by atoms with Crippen LogP contribution in [0.25, 0.3) is 0 Å². The van der Waals surface area contributed by atoms with Gasteiger partial charge in [0.15, 0.2) is 6.17 Å². The summed E-state index contributed by atoms with van der Waals surface area (Å²) in [5, 5.41) is 0. The molecular weight excluding hydrogens is 358 g/mol. The minimum absolute atomic E-state index is 0. The maximum absolute atomic E-state index is 15.0. The van der Waals surface area contributed by atoms with E-state index in [2.05, 4.69) is 13.8 Å². The molecule has 5 unspecified atom stereocenters. The van der Waals surface area contributed by atoms with Gasteiger partial charge in [0.05, 0.1) is 6.10 Å². The Bertz CT molecular complexity index is 441. The van der Waals surface area contributed by atoms with Crippen molar-refractivity contribution in [1.29, 1.82) is 0 Å². The third kappa shape index (κ3) is 5.47. The Hall–Kier alpha value is -0.220. The summed E-state index contributed by atoms with van der Waals surface area (Å²) in [6.45, 7) is 6.76. The second-order valence-electron chi connectivity index (χ2n) is 9.92. The lowest BCUT2D eigenvalue weighted by molar-refractivity contribution is -0.106. The van der Waals surface area contributed by atoms with Crippen molar-refractivity contribution in [3.8, 4) is 0 Å². The Labute approximate surface area is 174 Å². The summed E-state index contributed by atoms with van der Waals surface area (Å²) in [7, 11) is 0. The number of halogens is 2. The first kappa shape index (κ1) is 24.1. The van der Waals surface area contributed by atoms with E-state index in [-0.39, 0.29) is 20.2 Å². The summed E-state index contributed by atoms with van der Waals surface area (Å²) in [6.07, 6.45) is 10.5. The van der Waals surface area contributed by atoms with E-state index in [1.165, 1.54) is 51.4 Å².